The summed E-state index contributed by atoms with van der Waals surface area (Å²) in [7, 11) is 0. The molecular formula is C5H5IN2O2. The number of hydrogen-bond acceptors (Lipinski definition) is 2. The maximum absolute atomic E-state index is 10.2. The van der Waals surface area contributed by atoms with E-state index in [1.807, 2.05) is 22.6 Å². The first-order valence-electron chi connectivity index (χ1n) is 2.58. The SMILES string of the molecule is O=C(O)Cn1ccnc1I. The van der Waals surface area contributed by atoms with E-state index in [1.54, 1.807) is 17.0 Å². The Balaban J connectivity index is 2.74. The van der Waals surface area contributed by atoms with Gasteiger partial charge in [0.25, 0.3) is 0 Å². The average Bonchev–Trinajstić information content (AvgIpc) is 2.15. The predicted octanol–water partition coefficient (Wildman–Crippen LogP) is 0.572. The van der Waals surface area contributed by atoms with E-state index in [0.29, 0.717) is 3.83 Å². The molecule has 0 aliphatic rings. The van der Waals surface area contributed by atoms with Crippen LogP contribution >= 0.6 is 22.6 Å². The summed E-state index contributed by atoms with van der Waals surface area (Å²) in [5.74, 6) is -0.851. The second-order valence-corrected chi connectivity index (χ2v) is 2.68. The Morgan fingerprint density at radius 3 is 3.00 bits per heavy atom. The molecule has 0 atom stereocenters. The highest BCUT2D eigenvalue weighted by Gasteiger charge is 2.01. The molecular weight excluding hydrogens is 247 g/mol. The summed E-state index contributed by atoms with van der Waals surface area (Å²) < 4.78 is 2.25. The molecule has 0 bridgehead atoms. The fraction of sp³-hybridized carbons (Fsp3) is 0.200. The molecule has 1 aromatic heterocycles. The molecule has 0 saturated heterocycles. The summed E-state index contributed by atoms with van der Waals surface area (Å²) >= 11 is 1.98. The molecule has 4 nitrogen and oxygen atoms in total. The van der Waals surface area contributed by atoms with Gasteiger partial charge >= 0.3 is 5.97 Å². The molecule has 0 spiro atoms. The van der Waals surface area contributed by atoms with E-state index in [9.17, 15) is 4.79 Å². The van der Waals surface area contributed by atoms with Gasteiger partial charge in [0.15, 0.2) is 3.83 Å². The Kier molecular flexibility index (Phi) is 2.25. The van der Waals surface area contributed by atoms with Gasteiger partial charge in [0.1, 0.15) is 6.54 Å². The zero-order valence-corrected chi connectivity index (χ0v) is 7.15. The smallest absolute Gasteiger partial charge is 0.323 e. The maximum atomic E-state index is 10.2. The standard InChI is InChI=1S/C5H5IN2O2/c6-5-7-1-2-8(5)3-4(9)10/h1-2H,3H2,(H,9,10). The Hall–Kier alpha value is -0.590. The van der Waals surface area contributed by atoms with E-state index >= 15 is 0 Å². The quantitative estimate of drug-likeness (QED) is 0.783. The van der Waals surface area contributed by atoms with Gasteiger partial charge in [0.05, 0.1) is 0 Å². The summed E-state index contributed by atoms with van der Waals surface area (Å²) in [6.07, 6.45) is 3.21. The van der Waals surface area contributed by atoms with Crippen molar-refractivity contribution in [3.05, 3.63) is 16.2 Å². The first kappa shape index (κ1) is 7.52. The number of rotatable bonds is 2. The van der Waals surface area contributed by atoms with Crippen LogP contribution in [-0.2, 0) is 11.3 Å². The number of carbonyl (C=O) groups is 1. The van der Waals surface area contributed by atoms with Crippen LogP contribution in [0, 0.1) is 3.83 Å². The van der Waals surface area contributed by atoms with Gasteiger partial charge in [-0.05, 0) is 22.6 Å². The monoisotopic (exact) mass is 252 g/mol. The molecule has 1 aromatic rings. The third kappa shape index (κ3) is 1.69. The number of nitrogens with zero attached hydrogens (tertiary/aromatic N) is 2. The molecule has 0 radical (unpaired) electrons. The van der Waals surface area contributed by atoms with Crippen LogP contribution in [0.2, 0.25) is 0 Å². The van der Waals surface area contributed by atoms with Gasteiger partial charge in [-0.15, -0.1) is 0 Å². The zero-order chi connectivity index (χ0) is 7.56. The van der Waals surface area contributed by atoms with Crippen LogP contribution < -0.4 is 0 Å². The topological polar surface area (TPSA) is 55.1 Å². The minimum Gasteiger partial charge on any atom is -0.480 e. The number of imidazole rings is 1. The Morgan fingerprint density at radius 2 is 2.60 bits per heavy atom. The highest BCUT2D eigenvalue weighted by atomic mass is 127. The van der Waals surface area contributed by atoms with Gasteiger partial charge in [-0.1, -0.05) is 0 Å². The molecule has 0 unspecified atom stereocenters. The number of carboxylic acid groups (broad SMARTS) is 1. The molecule has 1 rings (SSSR count). The van der Waals surface area contributed by atoms with Crippen molar-refractivity contribution >= 4 is 28.6 Å². The largest absolute Gasteiger partial charge is 0.480 e. The molecule has 0 aliphatic heterocycles. The van der Waals surface area contributed by atoms with Crippen LogP contribution in [0.3, 0.4) is 0 Å². The van der Waals surface area contributed by atoms with E-state index in [1.165, 1.54) is 0 Å². The Bertz CT molecular complexity index is 246. The maximum Gasteiger partial charge on any atom is 0.323 e. The normalized spacial score (nSPS) is 9.70. The second-order valence-electron chi connectivity index (χ2n) is 1.72. The summed E-state index contributed by atoms with van der Waals surface area (Å²) in [5.41, 5.74) is 0. The van der Waals surface area contributed by atoms with Crippen molar-refractivity contribution in [2.24, 2.45) is 0 Å². The predicted molar refractivity (Wildman–Crippen MR) is 42.6 cm³/mol. The van der Waals surface area contributed by atoms with Gasteiger partial charge in [0, 0.05) is 12.4 Å². The molecule has 0 amide bonds. The van der Waals surface area contributed by atoms with Crippen molar-refractivity contribution in [1.29, 1.82) is 0 Å². The molecule has 1 heterocycles. The number of aliphatic carboxylic acids is 1. The molecule has 5 heteroatoms. The van der Waals surface area contributed by atoms with Crippen LogP contribution in [0.15, 0.2) is 12.4 Å². The van der Waals surface area contributed by atoms with Crippen LogP contribution in [0.5, 0.6) is 0 Å². The number of hydrogen-bond donors (Lipinski definition) is 1. The van der Waals surface area contributed by atoms with Crippen molar-refractivity contribution in [3.8, 4) is 0 Å². The molecule has 0 aromatic carbocycles. The Labute approximate surface area is 71.0 Å². The van der Waals surface area contributed by atoms with E-state index in [2.05, 4.69) is 4.98 Å². The van der Waals surface area contributed by atoms with Crippen molar-refractivity contribution < 1.29 is 9.90 Å². The van der Waals surface area contributed by atoms with Gasteiger partial charge in [-0.2, -0.15) is 0 Å². The van der Waals surface area contributed by atoms with Crippen molar-refractivity contribution in [3.63, 3.8) is 0 Å². The van der Waals surface area contributed by atoms with Crippen molar-refractivity contribution in [1.82, 2.24) is 9.55 Å². The van der Waals surface area contributed by atoms with Gasteiger partial charge in [0.2, 0.25) is 0 Å². The lowest BCUT2D eigenvalue weighted by Gasteiger charge is -1.96. The fourth-order valence-electron chi connectivity index (χ4n) is 0.575. The summed E-state index contributed by atoms with van der Waals surface area (Å²) in [6, 6.07) is 0. The number of aromatic nitrogens is 2. The average molecular weight is 252 g/mol. The highest BCUT2D eigenvalue weighted by molar-refractivity contribution is 14.1. The first-order chi connectivity index (χ1) is 4.70. The summed E-state index contributed by atoms with van der Waals surface area (Å²) in [5, 5.41) is 8.36. The van der Waals surface area contributed by atoms with Crippen molar-refractivity contribution in [2.45, 2.75) is 6.54 Å². The van der Waals surface area contributed by atoms with Crippen LogP contribution in [0.4, 0.5) is 0 Å². The molecule has 54 valence electrons. The molecule has 10 heavy (non-hydrogen) atoms. The van der Waals surface area contributed by atoms with Crippen LogP contribution in [0.1, 0.15) is 0 Å². The van der Waals surface area contributed by atoms with Crippen molar-refractivity contribution in [2.75, 3.05) is 0 Å². The lowest BCUT2D eigenvalue weighted by molar-refractivity contribution is -0.137. The molecule has 0 saturated carbocycles. The van der Waals surface area contributed by atoms with Gasteiger partial charge < -0.3 is 9.67 Å². The van der Waals surface area contributed by atoms with Gasteiger partial charge in [-0.25, -0.2) is 4.98 Å². The van der Waals surface area contributed by atoms with E-state index in [-0.39, 0.29) is 6.54 Å². The number of halogens is 1. The van der Waals surface area contributed by atoms with Crippen LogP contribution in [0.25, 0.3) is 0 Å². The molecule has 0 aliphatic carbocycles. The minimum absolute atomic E-state index is 0.0156. The minimum atomic E-state index is -0.851. The second kappa shape index (κ2) is 3.00. The lowest BCUT2D eigenvalue weighted by atomic mass is 10.6. The third-order valence-electron chi connectivity index (χ3n) is 0.970. The first-order valence-corrected chi connectivity index (χ1v) is 3.66. The lowest BCUT2D eigenvalue weighted by Crippen LogP contribution is -2.08. The van der Waals surface area contributed by atoms with Gasteiger partial charge in [-0.3, -0.25) is 4.79 Å². The van der Waals surface area contributed by atoms with Crippen LogP contribution in [-0.4, -0.2) is 20.6 Å². The summed E-state index contributed by atoms with van der Waals surface area (Å²) in [6.45, 7) is -0.0156. The summed E-state index contributed by atoms with van der Waals surface area (Å²) in [4.78, 5) is 14.0. The molecule has 1 N–H and O–H groups in total. The van der Waals surface area contributed by atoms with E-state index in [0.717, 1.165) is 0 Å². The Morgan fingerprint density at radius 1 is 1.90 bits per heavy atom. The fourth-order valence-corrected chi connectivity index (χ4v) is 1.07. The zero-order valence-electron chi connectivity index (χ0n) is 4.99. The number of carboxylic acids is 1. The van der Waals surface area contributed by atoms with E-state index in [4.69, 9.17) is 5.11 Å². The molecule has 0 fully saturated rings. The third-order valence-corrected chi connectivity index (χ3v) is 1.87. The van der Waals surface area contributed by atoms with E-state index < -0.39 is 5.97 Å². The highest BCUT2D eigenvalue weighted by Crippen LogP contribution is 1.99.